The van der Waals surface area contributed by atoms with Gasteiger partial charge in [-0.2, -0.15) is 0 Å². The third kappa shape index (κ3) is 7.35. The van der Waals surface area contributed by atoms with Gasteiger partial charge in [0.25, 0.3) is 0 Å². The molecule has 6 heteroatoms. The van der Waals surface area contributed by atoms with Crippen molar-refractivity contribution in [2.75, 3.05) is 72.3 Å². The first kappa shape index (κ1) is 18.1. The van der Waals surface area contributed by atoms with Crippen molar-refractivity contribution in [1.29, 1.82) is 0 Å². The normalized spacial score (nSPS) is 24.7. The highest BCUT2D eigenvalue weighted by atomic mass is 16.7. The lowest BCUT2D eigenvalue weighted by Crippen LogP contribution is -2.47. The number of hydrogen-bond donors (Lipinski definition) is 1. The second-order valence-electron chi connectivity index (χ2n) is 6.04. The maximum Gasteiger partial charge on any atom is 0.157 e. The van der Waals surface area contributed by atoms with E-state index in [-0.39, 0.29) is 6.29 Å². The number of nitrogens with zero attached hydrogens (tertiary/aromatic N) is 2. The molecule has 2 aliphatic rings. The molecule has 6 nitrogen and oxygen atoms in total. The summed E-state index contributed by atoms with van der Waals surface area (Å²) >= 11 is 0. The molecular formula is C16H32N2O4. The molecule has 0 bridgehead atoms. The van der Waals surface area contributed by atoms with E-state index in [1.54, 1.807) is 0 Å². The first-order valence-corrected chi connectivity index (χ1v) is 8.75. The molecule has 22 heavy (non-hydrogen) atoms. The minimum atomic E-state index is -0.00986. The van der Waals surface area contributed by atoms with Crippen LogP contribution < -0.4 is 0 Å². The molecule has 0 aromatic rings. The summed E-state index contributed by atoms with van der Waals surface area (Å²) in [6.07, 6.45) is 4.25. The zero-order valence-electron chi connectivity index (χ0n) is 13.8. The third-order valence-corrected chi connectivity index (χ3v) is 4.32. The summed E-state index contributed by atoms with van der Waals surface area (Å²) in [7, 11) is 0. The van der Waals surface area contributed by atoms with Crippen LogP contribution in [0.15, 0.2) is 0 Å². The van der Waals surface area contributed by atoms with Crippen molar-refractivity contribution in [3.63, 3.8) is 0 Å². The van der Waals surface area contributed by atoms with Crippen LogP contribution >= 0.6 is 0 Å². The standard InChI is InChI=1S/C16H32N2O4/c19-11-3-5-17-6-8-18(9-7-17)10-13-20-14-15-22-16-4-1-2-12-21-16/h16,19H,1-15H2. The molecule has 1 atom stereocenters. The fraction of sp³-hybridized carbons (Fsp3) is 1.00. The summed E-state index contributed by atoms with van der Waals surface area (Å²) in [5, 5.41) is 8.85. The van der Waals surface area contributed by atoms with Gasteiger partial charge in [-0.3, -0.25) is 4.90 Å². The number of hydrogen-bond acceptors (Lipinski definition) is 6. The lowest BCUT2D eigenvalue weighted by atomic mass is 10.2. The van der Waals surface area contributed by atoms with Gasteiger partial charge >= 0.3 is 0 Å². The highest BCUT2D eigenvalue weighted by Gasteiger charge is 2.16. The number of rotatable bonds is 10. The van der Waals surface area contributed by atoms with Crippen molar-refractivity contribution in [2.45, 2.75) is 32.0 Å². The largest absolute Gasteiger partial charge is 0.396 e. The summed E-state index contributed by atoms with van der Waals surface area (Å²) in [6.45, 7) is 9.57. The molecule has 1 unspecified atom stereocenters. The van der Waals surface area contributed by atoms with Gasteiger partial charge in [0.1, 0.15) is 0 Å². The Kier molecular flexibility index (Phi) is 9.31. The Morgan fingerprint density at radius 2 is 1.73 bits per heavy atom. The first-order chi connectivity index (χ1) is 10.9. The van der Waals surface area contributed by atoms with Crippen molar-refractivity contribution < 1.29 is 19.3 Å². The highest BCUT2D eigenvalue weighted by Crippen LogP contribution is 2.13. The molecule has 2 aliphatic heterocycles. The van der Waals surface area contributed by atoms with Gasteiger partial charge in [-0.1, -0.05) is 0 Å². The number of aliphatic hydroxyl groups is 1. The lowest BCUT2D eigenvalue weighted by Gasteiger charge is -2.34. The van der Waals surface area contributed by atoms with E-state index >= 15 is 0 Å². The average Bonchev–Trinajstić information content (AvgIpc) is 2.58. The van der Waals surface area contributed by atoms with Crippen LogP contribution in [0.1, 0.15) is 25.7 Å². The summed E-state index contributed by atoms with van der Waals surface area (Å²) in [4.78, 5) is 4.87. The molecule has 0 spiro atoms. The van der Waals surface area contributed by atoms with E-state index in [9.17, 15) is 0 Å². The SMILES string of the molecule is OCCCN1CCN(CCOCCOC2CCCCO2)CC1. The van der Waals surface area contributed by atoms with Gasteiger partial charge in [-0.05, 0) is 25.7 Å². The molecule has 2 saturated heterocycles. The van der Waals surface area contributed by atoms with Gasteiger partial charge in [-0.15, -0.1) is 0 Å². The van der Waals surface area contributed by atoms with E-state index < -0.39 is 0 Å². The molecule has 0 aromatic heterocycles. The minimum absolute atomic E-state index is 0.00986. The van der Waals surface area contributed by atoms with Gasteiger partial charge < -0.3 is 24.2 Å². The molecule has 2 rings (SSSR count). The van der Waals surface area contributed by atoms with E-state index in [0.717, 1.165) is 71.7 Å². The van der Waals surface area contributed by atoms with E-state index in [1.807, 2.05) is 0 Å². The van der Waals surface area contributed by atoms with E-state index in [4.69, 9.17) is 19.3 Å². The smallest absolute Gasteiger partial charge is 0.157 e. The highest BCUT2D eigenvalue weighted by molar-refractivity contribution is 4.71. The van der Waals surface area contributed by atoms with Crippen molar-refractivity contribution in [1.82, 2.24) is 9.80 Å². The van der Waals surface area contributed by atoms with E-state index in [0.29, 0.717) is 19.8 Å². The van der Waals surface area contributed by atoms with Crippen molar-refractivity contribution in [3.8, 4) is 0 Å². The minimum Gasteiger partial charge on any atom is -0.396 e. The van der Waals surface area contributed by atoms with Crippen molar-refractivity contribution in [3.05, 3.63) is 0 Å². The van der Waals surface area contributed by atoms with Crippen LogP contribution in [0, 0.1) is 0 Å². The summed E-state index contributed by atoms with van der Waals surface area (Å²) in [5.41, 5.74) is 0. The Labute approximate surface area is 134 Å². The Bertz CT molecular complexity index is 267. The molecule has 0 aromatic carbocycles. The maximum atomic E-state index is 8.85. The second-order valence-corrected chi connectivity index (χ2v) is 6.04. The Morgan fingerprint density at radius 3 is 2.41 bits per heavy atom. The van der Waals surface area contributed by atoms with Crippen LogP contribution in [-0.4, -0.2) is 93.5 Å². The molecule has 2 fully saturated rings. The predicted molar refractivity (Wildman–Crippen MR) is 84.9 cm³/mol. The number of piperazine rings is 1. The Balaban J connectivity index is 1.39. The quantitative estimate of drug-likeness (QED) is 0.594. The summed E-state index contributed by atoms with van der Waals surface area (Å²) < 4.78 is 16.8. The topological polar surface area (TPSA) is 54.4 Å². The Morgan fingerprint density at radius 1 is 0.955 bits per heavy atom. The van der Waals surface area contributed by atoms with Crippen molar-refractivity contribution in [2.24, 2.45) is 0 Å². The third-order valence-electron chi connectivity index (χ3n) is 4.32. The van der Waals surface area contributed by atoms with Gasteiger partial charge in [0.15, 0.2) is 6.29 Å². The van der Waals surface area contributed by atoms with Crippen LogP contribution in [0.5, 0.6) is 0 Å². The van der Waals surface area contributed by atoms with Crippen LogP contribution in [0.4, 0.5) is 0 Å². The molecular weight excluding hydrogens is 284 g/mol. The maximum absolute atomic E-state index is 8.85. The molecule has 0 aliphatic carbocycles. The lowest BCUT2D eigenvalue weighted by molar-refractivity contribution is -0.169. The average molecular weight is 316 g/mol. The molecule has 0 amide bonds. The van der Waals surface area contributed by atoms with Crippen molar-refractivity contribution >= 4 is 0 Å². The van der Waals surface area contributed by atoms with Crippen LogP contribution in [0.2, 0.25) is 0 Å². The van der Waals surface area contributed by atoms with Crippen LogP contribution in [0.3, 0.4) is 0 Å². The molecule has 0 radical (unpaired) electrons. The number of aliphatic hydroxyl groups excluding tert-OH is 1. The van der Waals surface area contributed by atoms with Gasteiger partial charge in [0, 0.05) is 52.5 Å². The molecule has 1 N–H and O–H groups in total. The monoisotopic (exact) mass is 316 g/mol. The van der Waals surface area contributed by atoms with Gasteiger partial charge in [-0.25, -0.2) is 0 Å². The van der Waals surface area contributed by atoms with Gasteiger partial charge in [0.2, 0.25) is 0 Å². The zero-order chi connectivity index (χ0) is 15.5. The fourth-order valence-electron chi connectivity index (χ4n) is 2.91. The van der Waals surface area contributed by atoms with E-state index in [2.05, 4.69) is 9.80 Å². The summed E-state index contributed by atoms with van der Waals surface area (Å²) in [5.74, 6) is 0. The first-order valence-electron chi connectivity index (χ1n) is 8.75. The van der Waals surface area contributed by atoms with Crippen LogP contribution in [0.25, 0.3) is 0 Å². The second kappa shape index (κ2) is 11.3. The van der Waals surface area contributed by atoms with E-state index in [1.165, 1.54) is 6.42 Å². The zero-order valence-corrected chi connectivity index (χ0v) is 13.8. The summed E-state index contributed by atoms with van der Waals surface area (Å²) in [6, 6.07) is 0. The fourth-order valence-corrected chi connectivity index (χ4v) is 2.91. The molecule has 2 heterocycles. The number of ether oxygens (including phenoxy) is 3. The van der Waals surface area contributed by atoms with Crippen LogP contribution in [-0.2, 0) is 14.2 Å². The van der Waals surface area contributed by atoms with Gasteiger partial charge in [0.05, 0.1) is 19.8 Å². The predicted octanol–water partition coefficient (Wildman–Crippen LogP) is 0.546. The molecule has 130 valence electrons. The molecule has 0 saturated carbocycles. The Hall–Kier alpha value is -0.240.